The van der Waals surface area contributed by atoms with Crippen LogP contribution in [0.15, 0.2) is 0 Å². The second-order valence-corrected chi connectivity index (χ2v) is 9.27. The van der Waals surface area contributed by atoms with Gasteiger partial charge in [0, 0.05) is 0 Å². The summed E-state index contributed by atoms with van der Waals surface area (Å²) in [7, 11) is -1.28. The first kappa shape index (κ1) is 10.3. The largest absolute Gasteiger partial charge is 0.341 e. The van der Waals surface area contributed by atoms with Crippen LogP contribution in [0.4, 0.5) is 0 Å². The lowest BCUT2D eigenvalue weighted by molar-refractivity contribution is -0.133. The highest BCUT2D eigenvalue weighted by Crippen LogP contribution is 2.17. The average molecular weight is 195 g/mol. The van der Waals surface area contributed by atoms with Crippen LogP contribution in [0.3, 0.4) is 0 Å². The lowest BCUT2D eigenvalue weighted by Gasteiger charge is -2.32. The second-order valence-electron chi connectivity index (χ2n) is 4.52. The molecule has 1 aliphatic heterocycles. The molecule has 1 N–H and O–H groups in total. The Balaban J connectivity index is 2.56. The van der Waals surface area contributed by atoms with E-state index in [0.29, 0.717) is 0 Å². The standard InChI is InChI=1S/C10H17NOSi/c1-5-8-9(11-10(8)12)6-7-13(2,3)4/h8-9H,5H2,1-4H3,(H,11,12)/t8-,9-/m0/s1. The van der Waals surface area contributed by atoms with Crippen LogP contribution in [-0.2, 0) is 4.79 Å². The van der Waals surface area contributed by atoms with Crippen molar-refractivity contribution in [2.24, 2.45) is 5.92 Å². The quantitative estimate of drug-likeness (QED) is 0.382. The Labute approximate surface area is 81.1 Å². The third-order valence-corrected chi connectivity index (χ3v) is 2.97. The van der Waals surface area contributed by atoms with Gasteiger partial charge in [-0.25, -0.2) is 0 Å². The summed E-state index contributed by atoms with van der Waals surface area (Å²) in [6, 6.07) is 0.129. The molecule has 0 aromatic rings. The number of hydrogen-bond acceptors (Lipinski definition) is 1. The molecule has 3 heteroatoms. The van der Waals surface area contributed by atoms with E-state index in [-0.39, 0.29) is 17.9 Å². The third-order valence-electron chi connectivity index (χ3n) is 2.08. The van der Waals surface area contributed by atoms with Gasteiger partial charge in [0.25, 0.3) is 0 Å². The van der Waals surface area contributed by atoms with E-state index < -0.39 is 8.07 Å². The molecule has 1 aliphatic rings. The summed E-state index contributed by atoms with van der Waals surface area (Å²) in [4.78, 5) is 11.0. The van der Waals surface area contributed by atoms with Gasteiger partial charge < -0.3 is 5.32 Å². The number of rotatable bonds is 1. The molecule has 1 saturated heterocycles. The van der Waals surface area contributed by atoms with Crippen LogP contribution >= 0.6 is 0 Å². The summed E-state index contributed by atoms with van der Waals surface area (Å²) < 4.78 is 0. The molecule has 13 heavy (non-hydrogen) atoms. The number of amides is 1. The van der Waals surface area contributed by atoms with Crippen molar-refractivity contribution < 1.29 is 4.79 Å². The van der Waals surface area contributed by atoms with E-state index in [1.165, 1.54) is 0 Å². The fourth-order valence-corrected chi connectivity index (χ4v) is 1.86. The van der Waals surface area contributed by atoms with E-state index in [0.717, 1.165) is 6.42 Å². The molecule has 1 rings (SSSR count). The van der Waals surface area contributed by atoms with Crippen molar-refractivity contribution in [2.45, 2.75) is 39.0 Å². The fraction of sp³-hybridized carbons (Fsp3) is 0.700. The van der Waals surface area contributed by atoms with Crippen molar-refractivity contribution in [1.29, 1.82) is 0 Å². The highest BCUT2D eigenvalue weighted by Gasteiger charge is 2.36. The first-order chi connectivity index (χ1) is 5.94. The van der Waals surface area contributed by atoms with Crippen LogP contribution in [-0.4, -0.2) is 20.0 Å². The molecule has 2 atom stereocenters. The van der Waals surface area contributed by atoms with E-state index >= 15 is 0 Å². The summed E-state index contributed by atoms with van der Waals surface area (Å²) in [5.74, 6) is 3.48. The zero-order valence-corrected chi connectivity index (χ0v) is 9.77. The summed E-state index contributed by atoms with van der Waals surface area (Å²) in [6.45, 7) is 8.66. The fourth-order valence-electron chi connectivity index (χ4n) is 1.27. The van der Waals surface area contributed by atoms with Crippen molar-refractivity contribution >= 4 is 14.0 Å². The second kappa shape index (κ2) is 3.55. The minimum Gasteiger partial charge on any atom is -0.341 e. The van der Waals surface area contributed by atoms with E-state index in [9.17, 15) is 4.79 Å². The first-order valence-corrected chi connectivity index (χ1v) is 8.27. The van der Waals surface area contributed by atoms with Crippen LogP contribution in [0.25, 0.3) is 0 Å². The SMILES string of the molecule is CC[C@@H]1C(=O)N[C@H]1C#C[Si](C)(C)C. The van der Waals surface area contributed by atoms with Gasteiger partial charge in [-0.15, -0.1) is 5.54 Å². The Morgan fingerprint density at radius 1 is 1.46 bits per heavy atom. The molecule has 1 amide bonds. The lowest BCUT2D eigenvalue weighted by atomic mass is 9.89. The van der Waals surface area contributed by atoms with E-state index in [1.54, 1.807) is 0 Å². The monoisotopic (exact) mass is 195 g/mol. The van der Waals surface area contributed by atoms with Gasteiger partial charge in [-0.1, -0.05) is 32.5 Å². The summed E-state index contributed by atoms with van der Waals surface area (Å²) in [5, 5.41) is 2.83. The van der Waals surface area contributed by atoms with Gasteiger partial charge in [-0.05, 0) is 6.42 Å². The number of hydrogen-bond donors (Lipinski definition) is 1. The lowest BCUT2D eigenvalue weighted by Crippen LogP contribution is -2.57. The van der Waals surface area contributed by atoms with E-state index in [4.69, 9.17) is 0 Å². The third kappa shape index (κ3) is 2.60. The molecule has 2 nitrogen and oxygen atoms in total. The number of carbonyl (C=O) groups excluding carboxylic acids is 1. The van der Waals surface area contributed by atoms with Crippen LogP contribution in [0, 0.1) is 17.4 Å². The van der Waals surface area contributed by atoms with Crippen molar-refractivity contribution in [3.05, 3.63) is 0 Å². The molecular formula is C10H17NOSi. The molecule has 0 unspecified atom stereocenters. The van der Waals surface area contributed by atoms with E-state index in [1.807, 2.05) is 6.92 Å². The molecule has 0 aliphatic carbocycles. The zero-order chi connectivity index (χ0) is 10.1. The van der Waals surface area contributed by atoms with Crippen LogP contribution in [0.5, 0.6) is 0 Å². The van der Waals surface area contributed by atoms with Crippen LogP contribution < -0.4 is 5.32 Å². The maximum atomic E-state index is 11.0. The Hall–Kier alpha value is -0.753. The number of carbonyl (C=O) groups is 1. The highest BCUT2D eigenvalue weighted by atomic mass is 28.3. The topological polar surface area (TPSA) is 29.1 Å². The van der Waals surface area contributed by atoms with Crippen molar-refractivity contribution in [1.82, 2.24) is 5.32 Å². The molecule has 0 aromatic carbocycles. The molecule has 0 aromatic heterocycles. The van der Waals surface area contributed by atoms with Gasteiger partial charge in [-0.3, -0.25) is 4.79 Å². The van der Waals surface area contributed by atoms with Gasteiger partial charge in [0.1, 0.15) is 14.1 Å². The van der Waals surface area contributed by atoms with Crippen LogP contribution in [0.2, 0.25) is 19.6 Å². The van der Waals surface area contributed by atoms with Gasteiger partial charge in [-0.2, -0.15) is 0 Å². The van der Waals surface area contributed by atoms with Gasteiger partial charge >= 0.3 is 0 Å². The summed E-state index contributed by atoms with van der Waals surface area (Å²) in [6.07, 6.45) is 0.900. The predicted octanol–water partition coefficient (Wildman–Crippen LogP) is 1.39. The van der Waals surface area contributed by atoms with Crippen LogP contribution in [0.1, 0.15) is 13.3 Å². The maximum Gasteiger partial charge on any atom is 0.227 e. The summed E-state index contributed by atoms with van der Waals surface area (Å²) >= 11 is 0. The first-order valence-electron chi connectivity index (χ1n) is 4.77. The van der Waals surface area contributed by atoms with Crippen molar-refractivity contribution in [3.8, 4) is 11.5 Å². The number of β-lactam (4-membered cyclic amide) rings is 1. The molecule has 1 fully saturated rings. The zero-order valence-electron chi connectivity index (χ0n) is 8.77. The molecule has 0 bridgehead atoms. The normalized spacial score (nSPS) is 26.9. The molecular weight excluding hydrogens is 178 g/mol. The van der Waals surface area contributed by atoms with Crippen molar-refractivity contribution in [3.63, 3.8) is 0 Å². The molecule has 1 heterocycles. The Bertz CT molecular complexity index is 269. The molecule has 0 saturated carbocycles. The van der Waals surface area contributed by atoms with Gasteiger partial charge in [0.15, 0.2) is 0 Å². The predicted molar refractivity (Wildman–Crippen MR) is 56.8 cm³/mol. The minimum absolute atomic E-state index is 0.129. The highest BCUT2D eigenvalue weighted by molar-refractivity contribution is 6.83. The molecule has 0 spiro atoms. The smallest absolute Gasteiger partial charge is 0.227 e. The van der Waals surface area contributed by atoms with Gasteiger partial charge in [0.05, 0.1) is 5.92 Å². The minimum atomic E-state index is -1.28. The van der Waals surface area contributed by atoms with E-state index in [2.05, 4.69) is 36.4 Å². The number of nitrogens with one attached hydrogen (secondary N) is 1. The average Bonchev–Trinajstić information content (AvgIpc) is 1.96. The maximum absolute atomic E-state index is 11.0. The van der Waals surface area contributed by atoms with Crippen molar-refractivity contribution in [2.75, 3.05) is 0 Å². The molecule has 0 radical (unpaired) electrons. The van der Waals surface area contributed by atoms with Gasteiger partial charge in [0.2, 0.25) is 5.91 Å². The molecule has 72 valence electrons. The Morgan fingerprint density at radius 2 is 2.08 bits per heavy atom. The summed E-state index contributed by atoms with van der Waals surface area (Å²) in [5.41, 5.74) is 3.28. The Kier molecular flexibility index (Phi) is 2.82. The Morgan fingerprint density at radius 3 is 2.46 bits per heavy atom.